The third kappa shape index (κ3) is 3.82. The predicted molar refractivity (Wildman–Crippen MR) is 127 cm³/mol. The highest BCUT2D eigenvalue weighted by Crippen LogP contribution is 2.43. The van der Waals surface area contributed by atoms with Crippen LogP contribution in [-0.4, -0.2) is 17.1 Å². The molecule has 4 N–H and O–H groups in total. The van der Waals surface area contributed by atoms with Crippen LogP contribution in [0.5, 0.6) is 5.75 Å². The molecule has 0 fully saturated rings. The van der Waals surface area contributed by atoms with Crippen LogP contribution in [0.3, 0.4) is 0 Å². The molecule has 160 valence electrons. The minimum atomic E-state index is -0.530. The van der Waals surface area contributed by atoms with Crippen molar-refractivity contribution in [3.63, 3.8) is 0 Å². The molecule has 0 aliphatic carbocycles. The van der Waals surface area contributed by atoms with Crippen molar-refractivity contribution in [1.29, 1.82) is 0 Å². The third-order valence-corrected chi connectivity index (χ3v) is 6.41. The SMILES string of the molecule is COc1c(-c2ccc3c(CN)csc3c2)cc(-c2c[nH]c(=O)[nH]c2=O)cc1C(C)(C)C. The second-order valence-corrected chi connectivity index (χ2v) is 9.43. The molecule has 0 saturated heterocycles. The minimum absolute atomic E-state index is 0.231. The first-order valence-electron chi connectivity index (χ1n) is 9.98. The van der Waals surface area contributed by atoms with E-state index in [1.54, 1.807) is 18.4 Å². The Morgan fingerprint density at radius 2 is 1.84 bits per heavy atom. The third-order valence-electron chi connectivity index (χ3n) is 5.42. The first kappa shape index (κ1) is 21.1. The van der Waals surface area contributed by atoms with E-state index in [-0.39, 0.29) is 5.41 Å². The number of nitrogens with one attached hydrogen (secondary N) is 2. The molecule has 0 spiro atoms. The molecular weight excluding hydrogens is 410 g/mol. The fourth-order valence-corrected chi connectivity index (χ4v) is 4.82. The fourth-order valence-electron chi connectivity index (χ4n) is 3.81. The van der Waals surface area contributed by atoms with Crippen molar-refractivity contribution in [2.45, 2.75) is 32.7 Å². The molecule has 0 radical (unpaired) electrons. The van der Waals surface area contributed by atoms with E-state index in [0.717, 1.165) is 38.1 Å². The standard InChI is InChI=1S/C24H25N3O3S/c1-24(2,3)19-8-14(18-11-26-23(29)27-22(18)28)7-17(21(19)30-4)13-5-6-16-15(10-25)12-31-20(16)9-13/h5-9,11-12H,10,25H2,1-4H3,(H2,26,27,28,29). The molecule has 0 saturated carbocycles. The first-order valence-corrected chi connectivity index (χ1v) is 10.9. The van der Waals surface area contributed by atoms with Crippen LogP contribution in [0.15, 0.2) is 51.5 Å². The van der Waals surface area contributed by atoms with Crippen LogP contribution < -0.4 is 21.7 Å². The summed E-state index contributed by atoms with van der Waals surface area (Å²) in [5.41, 5.74) is 9.76. The summed E-state index contributed by atoms with van der Waals surface area (Å²) in [6.45, 7) is 6.81. The molecule has 4 rings (SSSR count). The fraction of sp³-hybridized carbons (Fsp3) is 0.250. The van der Waals surface area contributed by atoms with Crippen LogP contribution >= 0.6 is 11.3 Å². The number of benzene rings is 2. The Balaban J connectivity index is 2.02. The number of fused-ring (bicyclic) bond motifs is 1. The maximum Gasteiger partial charge on any atom is 0.325 e. The number of hydrogen-bond donors (Lipinski definition) is 3. The molecule has 0 atom stereocenters. The topological polar surface area (TPSA) is 101 Å². The first-order chi connectivity index (χ1) is 14.7. The Bertz CT molecular complexity index is 1390. The Morgan fingerprint density at radius 1 is 1.06 bits per heavy atom. The molecule has 0 bridgehead atoms. The van der Waals surface area contributed by atoms with Gasteiger partial charge in [-0.05, 0) is 51.1 Å². The summed E-state index contributed by atoms with van der Waals surface area (Å²) in [4.78, 5) is 28.9. The van der Waals surface area contributed by atoms with E-state index in [1.165, 1.54) is 6.20 Å². The van der Waals surface area contributed by atoms with Crippen LogP contribution in [0, 0.1) is 0 Å². The zero-order valence-electron chi connectivity index (χ0n) is 18.0. The van der Waals surface area contributed by atoms with E-state index >= 15 is 0 Å². The van der Waals surface area contributed by atoms with Gasteiger partial charge in [-0.15, -0.1) is 11.3 Å². The zero-order chi connectivity index (χ0) is 22.3. The largest absolute Gasteiger partial charge is 0.496 e. The molecule has 0 aliphatic rings. The molecule has 4 aromatic rings. The van der Waals surface area contributed by atoms with E-state index in [9.17, 15) is 9.59 Å². The number of ether oxygens (including phenoxy) is 1. The highest BCUT2D eigenvalue weighted by atomic mass is 32.1. The van der Waals surface area contributed by atoms with Gasteiger partial charge in [0, 0.05) is 28.6 Å². The summed E-state index contributed by atoms with van der Waals surface area (Å²) in [6, 6.07) is 10.2. The Morgan fingerprint density at radius 3 is 2.48 bits per heavy atom. The van der Waals surface area contributed by atoms with E-state index in [4.69, 9.17) is 10.5 Å². The lowest BCUT2D eigenvalue weighted by molar-refractivity contribution is 0.399. The monoisotopic (exact) mass is 435 g/mol. The molecule has 0 amide bonds. The molecule has 7 heteroatoms. The summed E-state index contributed by atoms with van der Waals surface area (Å²) >= 11 is 1.66. The number of rotatable bonds is 4. The number of aromatic nitrogens is 2. The van der Waals surface area contributed by atoms with Gasteiger partial charge in [0.1, 0.15) is 5.75 Å². The molecule has 0 unspecified atom stereocenters. The van der Waals surface area contributed by atoms with Crippen molar-refractivity contribution >= 4 is 21.4 Å². The van der Waals surface area contributed by atoms with Crippen molar-refractivity contribution in [1.82, 2.24) is 9.97 Å². The lowest BCUT2D eigenvalue weighted by atomic mass is 9.82. The number of H-pyrrole nitrogens is 2. The molecule has 31 heavy (non-hydrogen) atoms. The molecule has 6 nitrogen and oxygen atoms in total. The van der Waals surface area contributed by atoms with Gasteiger partial charge in [-0.2, -0.15) is 0 Å². The summed E-state index contributed by atoms with van der Waals surface area (Å²) in [5.74, 6) is 0.770. The van der Waals surface area contributed by atoms with Gasteiger partial charge in [0.2, 0.25) is 0 Å². The van der Waals surface area contributed by atoms with Gasteiger partial charge >= 0.3 is 5.69 Å². The van der Waals surface area contributed by atoms with E-state index in [1.807, 2.05) is 12.1 Å². The van der Waals surface area contributed by atoms with Gasteiger partial charge in [0.15, 0.2) is 0 Å². The van der Waals surface area contributed by atoms with E-state index in [0.29, 0.717) is 17.7 Å². The Hall–Kier alpha value is -3.16. The predicted octanol–water partition coefficient (Wildman–Crippen LogP) is 4.38. The molecule has 2 aromatic heterocycles. The van der Waals surface area contributed by atoms with Crippen molar-refractivity contribution in [3.05, 3.63) is 73.9 Å². The summed E-state index contributed by atoms with van der Waals surface area (Å²) in [7, 11) is 1.66. The van der Waals surface area contributed by atoms with Crippen LogP contribution in [-0.2, 0) is 12.0 Å². The Kier molecular flexibility index (Phi) is 5.33. The molecule has 2 heterocycles. The van der Waals surface area contributed by atoms with Crippen molar-refractivity contribution < 1.29 is 4.74 Å². The number of nitrogens with two attached hydrogens (primary N) is 1. The van der Waals surface area contributed by atoms with Crippen LogP contribution in [0.1, 0.15) is 31.9 Å². The highest BCUT2D eigenvalue weighted by molar-refractivity contribution is 7.17. The van der Waals surface area contributed by atoms with Crippen molar-refractivity contribution in [2.24, 2.45) is 5.73 Å². The molecular formula is C24H25N3O3S. The Labute approximate surface area is 183 Å². The average Bonchev–Trinajstić information content (AvgIpc) is 3.14. The van der Waals surface area contributed by atoms with Crippen LogP contribution in [0.2, 0.25) is 0 Å². The van der Waals surface area contributed by atoms with Gasteiger partial charge in [-0.3, -0.25) is 9.78 Å². The second kappa shape index (κ2) is 7.83. The van der Waals surface area contributed by atoms with Gasteiger partial charge in [-0.25, -0.2) is 4.79 Å². The number of hydrogen-bond acceptors (Lipinski definition) is 5. The normalized spacial score (nSPS) is 11.8. The number of aromatic amines is 2. The van der Waals surface area contributed by atoms with Crippen molar-refractivity contribution in [2.75, 3.05) is 7.11 Å². The van der Waals surface area contributed by atoms with E-state index in [2.05, 4.69) is 54.3 Å². The quantitative estimate of drug-likeness (QED) is 0.443. The minimum Gasteiger partial charge on any atom is -0.496 e. The van der Waals surface area contributed by atoms with E-state index < -0.39 is 11.2 Å². The van der Waals surface area contributed by atoms with Crippen LogP contribution in [0.4, 0.5) is 0 Å². The number of methoxy groups -OCH3 is 1. The highest BCUT2D eigenvalue weighted by Gasteiger charge is 2.24. The zero-order valence-corrected chi connectivity index (χ0v) is 18.8. The summed E-state index contributed by atoms with van der Waals surface area (Å²) < 4.78 is 7.02. The average molecular weight is 436 g/mol. The van der Waals surface area contributed by atoms with Gasteiger partial charge < -0.3 is 15.5 Å². The summed E-state index contributed by atoms with van der Waals surface area (Å²) in [5, 5.41) is 3.24. The van der Waals surface area contributed by atoms with Crippen molar-refractivity contribution in [3.8, 4) is 28.0 Å². The molecule has 2 aromatic carbocycles. The van der Waals surface area contributed by atoms with Gasteiger partial charge in [0.05, 0.1) is 12.7 Å². The van der Waals surface area contributed by atoms with Gasteiger partial charge in [-0.1, -0.05) is 32.9 Å². The molecule has 0 aliphatic heterocycles. The maximum atomic E-state index is 12.5. The smallest absolute Gasteiger partial charge is 0.325 e. The maximum absolute atomic E-state index is 12.5. The lowest BCUT2D eigenvalue weighted by Gasteiger charge is -2.25. The number of thiophene rings is 1. The lowest BCUT2D eigenvalue weighted by Crippen LogP contribution is -2.23. The second-order valence-electron chi connectivity index (χ2n) is 8.52. The van der Waals surface area contributed by atoms with Gasteiger partial charge in [0.25, 0.3) is 5.56 Å². The van der Waals surface area contributed by atoms with Crippen LogP contribution in [0.25, 0.3) is 32.3 Å². The summed E-state index contributed by atoms with van der Waals surface area (Å²) in [6.07, 6.45) is 1.45.